The lowest BCUT2D eigenvalue weighted by atomic mass is 10.5. The predicted octanol–water partition coefficient (Wildman–Crippen LogP) is -2.68. The molecule has 4 N–H and O–H groups in total. The molecular formula is C6H8N6O2. The Morgan fingerprint density at radius 2 is 2.00 bits per heavy atom. The van der Waals surface area contributed by atoms with Crippen LogP contribution in [-0.2, 0) is 7.05 Å². The molecular weight excluding hydrogens is 188 g/mol. The van der Waals surface area contributed by atoms with Crippen molar-refractivity contribution in [2.45, 2.75) is 0 Å². The first-order valence-corrected chi connectivity index (χ1v) is 3.73. The second kappa shape index (κ2) is 2.37. The van der Waals surface area contributed by atoms with Crippen LogP contribution in [0.2, 0.25) is 0 Å². The second-order valence-electron chi connectivity index (χ2n) is 2.84. The van der Waals surface area contributed by atoms with Crippen LogP contribution in [0.15, 0.2) is 15.9 Å². The first-order chi connectivity index (χ1) is 6.54. The first kappa shape index (κ1) is 8.35. The van der Waals surface area contributed by atoms with Crippen LogP contribution < -0.4 is 22.9 Å². The molecule has 0 aromatic carbocycles. The fourth-order valence-electron chi connectivity index (χ4n) is 1.23. The van der Waals surface area contributed by atoms with Crippen molar-refractivity contribution in [2.75, 3.05) is 11.7 Å². The highest BCUT2D eigenvalue weighted by Crippen LogP contribution is 1.99. The highest BCUT2D eigenvalue weighted by atomic mass is 16.2. The Balaban J connectivity index is 3.22. The van der Waals surface area contributed by atoms with E-state index in [-0.39, 0.29) is 11.2 Å². The zero-order valence-electron chi connectivity index (χ0n) is 7.34. The molecule has 14 heavy (non-hydrogen) atoms. The van der Waals surface area contributed by atoms with Crippen LogP contribution in [-0.4, -0.2) is 18.9 Å². The number of hydrogen-bond acceptors (Lipinski definition) is 5. The zero-order valence-corrected chi connectivity index (χ0v) is 7.34. The number of nitrogens with zero attached hydrogens (tertiary/aromatic N) is 4. The van der Waals surface area contributed by atoms with E-state index in [1.807, 2.05) is 0 Å². The Labute approximate surface area is 76.9 Å². The molecule has 0 fully saturated rings. The maximum Gasteiger partial charge on any atom is 0.351 e. The SMILES string of the molecule is Cn1c(=O)c2c(ncn2N)n(N)c1=O. The number of rotatable bonds is 0. The van der Waals surface area contributed by atoms with Crippen LogP contribution in [0, 0.1) is 0 Å². The monoisotopic (exact) mass is 196 g/mol. The predicted molar refractivity (Wildman–Crippen MR) is 49.5 cm³/mol. The van der Waals surface area contributed by atoms with Gasteiger partial charge in [-0.3, -0.25) is 9.36 Å². The average molecular weight is 196 g/mol. The summed E-state index contributed by atoms with van der Waals surface area (Å²) in [7, 11) is 1.32. The molecule has 0 aliphatic rings. The van der Waals surface area contributed by atoms with Crippen molar-refractivity contribution in [3.05, 3.63) is 27.2 Å². The average Bonchev–Trinajstić information content (AvgIpc) is 2.54. The topological polar surface area (TPSA) is 114 Å². The third-order valence-corrected chi connectivity index (χ3v) is 2.00. The number of imidazole rings is 1. The van der Waals surface area contributed by atoms with Crippen LogP contribution >= 0.6 is 0 Å². The van der Waals surface area contributed by atoms with Crippen molar-refractivity contribution in [1.29, 1.82) is 0 Å². The van der Waals surface area contributed by atoms with Crippen molar-refractivity contribution < 1.29 is 0 Å². The summed E-state index contributed by atoms with van der Waals surface area (Å²) in [6.45, 7) is 0. The van der Waals surface area contributed by atoms with Crippen molar-refractivity contribution in [2.24, 2.45) is 7.05 Å². The molecule has 0 radical (unpaired) electrons. The van der Waals surface area contributed by atoms with Gasteiger partial charge in [0.05, 0.1) is 0 Å². The summed E-state index contributed by atoms with van der Waals surface area (Å²) in [6, 6.07) is 0. The van der Waals surface area contributed by atoms with Gasteiger partial charge in [-0.1, -0.05) is 0 Å². The van der Waals surface area contributed by atoms with E-state index in [0.29, 0.717) is 0 Å². The quantitative estimate of drug-likeness (QED) is 0.446. The van der Waals surface area contributed by atoms with E-state index in [1.165, 1.54) is 13.4 Å². The molecule has 0 aliphatic carbocycles. The van der Waals surface area contributed by atoms with E-state index in [2.05, 4.69) is 4.98 Å². The highest BCUT2D eigenvalue weighted by Gasteiger charge is 2.12. The molecule has 0 bridgehead atoms. The molecule has 0 spiro atoms. The zero-order chi connectivity index (χ0) is 10.5. The Morgan fingerprint density at radius 1 is 1.36 bits per heavy atom. The van der Waals surface area contributed by atoms with Crippen LogP contribution in [0.25, 0.3) is 11.2 Å². The Bertz CT molecular complexity index is 618. The lowest BCUT2D eigenvalue weighted by Crippen LogP contribution is -2.42. The fourth-order valence-corrected chi connectivity index (χ4v) is 1.23. The molecule has 2 rings (SSSR count). The maximum atomic E-state index is 11.5. The Hall–Kier alpha value is -2.25. The van der Waals surface area contributed by atoms with Crippen molar-refractivity contribution in [3.63, 3.8) is 0 Å². The van der Waals surface area contributed by atoms with Crippen LogP contribution in [0.5, 0.6) is 0 Å². The molecule has 0 atom stereocenters. The molecule has 0 saturated heterocycles. The van der Waals surface area contributed by atoms with Gasteiger partial charge in [-0.25, -0.2) is 14.5 Å². The smallest absolute Gasteiger partial charge is 0.337 e. The van der Waals surface area contributed by atoms with Gasteiger partial charge in [0.1, 0.15) is 6.33 Å². The molecule has 8 heteroatoms. The van der Waals surface area contributed by atoms with Gasteiger partial charge >= 0.3 is 5.69 Å². The second-order valence-corrected chi connectivity index (χ2v) is 2.84. The molecule has 74 valence electrons. The normalized spacial score (nSPS) is 10.9. The van der Waals surface area contributed by atoms with Crippen molar-refractivity contribution >= 4 is 11.2 Å². The van der Waals surface area contributed by atoms with Crippen LogP contribution in [0.3, 0.4) is 0 Å². The molecule has 0 saturated carbocycles. The number of aromatic nitrogens is 4. The summed E-state index contributed by atoms with van der Waals surface area (Å²) in [6.07, 6.45) is 1.22. The summed E-state index contributed by atoms with van der Waals surface area (Å²) in [5.74, 6) is 10.8. The van der Waals surface area contributed by atoms with Gasteiger partial charge < -0.3 is 11.7 Å². The minimum Gasteiger partial charge on any atom is -0.337 e. The molecule has 2 aromatic heterocycles. The molecule has 0 amide bonds. The minimum absolute atomic E-state index is 0.0700. The third-order valence-electron chi connectivity index (χ3n) is 2.00. The van der Waals surface area contributed by atoms with Gasteiger partial charge in [0.25, 0.3) is 5.56 Å². The molecule has 8 nitrogen and oxygen atoms in total. The van der Waals surface area contributed by atoms with E-state index in [9.17, 15) is 9.59 Å². The molecule has 2 heterocycles. The molecule has 0 aliphatic heterocycles. The largest absolute Gasteiger partial charge is 0.351 e. The van der Waals surface area contributed by atoms with E-state index in [0.717, 1.165) is 13.9 Å². The number of hydrogen-bond donors (Lipinski definition) is 2. The number of nitrogens with two attached hydrogens (primary N) is 2. The van der Waals surface area contributed by atoms with Gasteiger partial charge in [-0.2, -0.15) is 4.68 Å². The fraction of sp³-hybridized carbons (Fsp3) is 0.167. The van der Waals surface area contributed by atoms with Crippen LogP contribution in [0.1, 0.15) is 0 Å². The molecule has 2 aromatic rings. The van der Waals surface area contributed by atoms with E-state index in [1.54, 1.807) is 0 Å². The van der Waals surface area contributed by atoms with Crippen LogP contribution in [0.4, 0.5) is 0 Å². The van der Waals surface area contributed by atoms with Gasteiger partial charge in [0, 0.05) is 7.05 Å². The summed E-state index contributed by atoms with van der Waals surface area (Å²) in [5.41, 5.74) is -0.997. The van der Waals surface area contributed by atoms with E-state index >= 15 is 0 Å². The summed E-state index contributed by atoms with van der Waals surface area (Å²) >= 11 is 0. The first-order valence-electron chi connectivity index (χ1n) is 3.73. The Kier molecular flexibility index (Phi) is 1.42. The number of nitrogen functional groups attached to an aromatic ring is 2. The van der Waals surface area contributed by atoms with Gasteiger partial charge in [0.15, 0.2) is 11.2 Å². The van der Waals surface area contributed by atoms with Crippen molar-refractivity contribution in [1.82, 2.24) is 18.9 Å². The molecule has 0 unspecified atom stereocenters. The summed E-state index contributed by atoms with van der Waals surface area (Å²) in [4.78, 5) is 26.6. The highest BCUT2D eigenvalue weighted by molar-refractivity contribution is 5.69. The number of fused-ring (bicyclic) bond motifs is 1. The van der Waals surface area contributed by atoms with Gasteiger partial charge in [0.2, 0.25) is 0 Å². The standard InChI is InChI=1S/C6H8N6O2/c1-10-5(13)3-4(9-2-11(3)7)12(8)6(10)14/h2H,7-8H2,1H3. The van der Waals surface area contributed by atoms with E-state index in [4.69, 9.17) is 11.7 Å². The van der Waals surface area contributed by atoms with Crippen molar-refractivity contribution in [3.8, 4) is 0 Å². The maximum absolute atomic E-state index is 11.5. The van der Waals surface area contributed by atoms with Gasteiger partial charge in [-0.15, -0.1) is 0 Å². The lowest BCUT2D eigenvalue weighted by molar-refractivity contribution is 0.730. The van der Waals surface area contributed by atoms with Gasteiger partial charge in [-0.05, 0) is 0 Å². The minimum atomic E-state index is -0.638. The lowest BCUT2D eigenvalue weighted by Gasteiger charge is -2.02. The Morgan fingerprint density at radius 3 is 2.64 bits per heavy atom. The van der Waals surface area contributed by atoms with E-state index < -0.39 is 11.2 Å². The summed E-state index contributed by atoms with van der Waals surface area (Å²) < 4.78 is 2.67. The summed E-state index contributed by atoms with van der Waals surface area (Å²) in [5, 5.41) is 0. The third kappa shape index (κ3) is 0.789.